The van der Waals surface area contributed by atoms with Gasteiger partial charge in [0, 0.05) is 29.6 Å². The SMILES string of the molecule is Cc1ccc(C)c(NC(=NCc2c(C)nn(C)c2C)NC(=O)c2ccc(C)c(C)c2)c1. The van der Waals surface area contributed by atoms with Crippen molar-refractivity contribution in [3.63, 3.8) is 0 Å². The van der Waals surface area contributed by atoms with Crippen LogP contribution in [0.2, 0.25) is 0 Å². The van der Waals surface area contributed by atoms with Crippen molar-refractivity contribution in [2.45, 2.75) is 48.1 Å². The Hall–Kier alpha value is -3.41. The molecule has 0 fully saturated rings. The number of nitrogens with one attached hydrogen (secondary N) is 2. The smallest absolute Gasteiger partial charge is 0.257 e. The van der Waals surface area contributed by atoms with Gasteiger partial charge in [-0.25, -0.2) is 4.99 Å². The second-order valence-corrected chi connectivity index (χ2v) is 8.13. The van der Waals surface area contributed by atoms with Crippen molar-refractivity contribution < 1.29 is 4.79 Å². The Kier molecular flexibility index (Phi) is 6.59. The minimum Gasteiger partial charge on any atom is -0.326 e. The van der Waals surface area contributed by atoms with E-state index in [2.05, 4.69) is 27.9 Å². The van der Waals surface area contributed by atoms with E-state index in [1.54, 1.807) is 0 Å². The molecule has 6 nitrogen and oxygen atoms in total. The molecule has 0 bridgehead atoms. The molecule has 1 amide bonds. The Balaban J connectivity index is 1.91. The van der Waals surface area contributed by atoms with Crippen LogP contribution < -0.4 is 10.6 Å². The minimum atomic E-state index is -0.195. The molecule has 0 saturated heterocycles. The Bertz CT molecular complexity index is 1160. The maximum Gasteiger partial charge on any atom is 0.257 e. The molecule has 0 unspecified atom stereocenters. The average molecular weight is 418 g/mol. The lowest BCUT2D eigenvalue weighted by Gasteiger charge is -2.15. The first-order valence-corrected chi connectivity index (χ1v) is 10.4. The topological polar surface area (TPSA) is 71.3 Å². The number of aryl methyl sites for hydroxylation is 6. The summed E-state index contributed by atoms with van der Waals surface area (Å²) in [5.41, 5.74) is 9.02. The van der Waals surface area contributed by atoms with Gasteiger partial charge in [0.25, 0.3) is 5.91 Å². The van der Waals surface area contributed by atoms with Gasteiger partial charge in [-0.3, -0.25) is 14.8 Å². The monoisotopic (exact) mass is 417 g/mol. The predicted molar refractivity (Wildman–Crippen MR) is 127 cm³/mol. The number of hydrogen-bond acceptors (Lipinski definition) is 3. The first kappa shape index (κ1) is 22.3. The van der Waals surface area contributed by atoms with E-state index >= 15 is 0 Å². The molecule has 31 heavy (non-hydrogen) atoms. The second kappa shape index (κ2) is 9.16. The average Bonchev–Trinajstić information content (AvgIpc) is 2.96. The maximum absolute atomic E-state index is 13.0. The fourth-order valence-electron chi connectivity index (χ4n) is 3.38. The van der Waals surface area contributed by atoms with E-state index in [1.165, 1.54) is 0 Å². The molecule has 0 radical (unpaired) electrons. The lowest BCUT2D eigenvalue weighted by molar-refractivity contribution is 0.0977. The summed E-state index contributed by atoms with van der Waals surface area (Å²) in [6.07, 6.45) is 0. The quantitative estimate of drug-likeness (QED) is 0.479. The summed E-state index contributed by atoms with van der Waals surface area (Å²) in [6.45, 7) is 12.5. The number of guanidine groups is 1. The fourth-order valence-corrected chi connectivity index (χ4v) is 3.38. The molecule has 1 heterocycles. The number of amides is 1. The summed E-state index contributed by atoms with van der Waals surface area (Å²) in [7, 11) is 1.92. The highest BCUT2D eigenvalue weighted by molar-refractivity contribution is 6.10. The van der Waals surface area contributed by atoms with Crippen LogP contribution in [0.5, 0.6) is 0 Å². The summed E-state index contributed by atoms with van der Waals surface area (Å²) in [6, 6.07) is 11.9. The van der Waals surface area contributed by atoms with Crippen molar-refractivity contribution >= 4 is 17.6 Å². The number of carbonyl (C=O) groups excluding carboxylic acids is 1. The van der Waals surface area contributed by atoms with Crippen LogP contribution in [0.3, 0.4) is 0 Å². The van der Waals surface area contributed by atoms with Crippen molar-refractivity contribution in [1.29, 1.82) is 0 Å². The number of rotatable bonds is 4. The third kappa shape index (κ3) is 5.20. The summed E-state index contributed by atoms with van der Waals surface area (Å²) in [4.78, 5) is 17.7. The molecule has 3 rings (SSSR count). The van der Waals surface area contributed by atoms with Crippen molar-refractivity contribution in [2.24, 2.45) is 12.0 Å². The van der Waals surface area contributed by atoms with Gasteiger partial charge >= 0.3 is 0 Å². The van der Waals surface area contributed by atoms with Gasteiger partial charge < -0.3 is 5.32 Å². The number of nitrogens with zero attached hydrogens (tertiary/aromatic N) is 3. The van der Waals surface area contributed by atoms with E-state index in [0.29, 0.717) is 18.1 Å². The molecule has 0 spiro atoms. The molecule has 6 heteroatoms. The van der Waals surface area contributed by atoms with Gasteiger partial charge in [0.1, 0.15) is 0 Å². The number of aliphatic imine (C=N–C) groups is 1. The first-order valence-electron chi connectivity index (χ1n) is 10.4. The van der Waals surface area contributed by atoms with E-state index in [-0.39, 0.29) is 5.91 Å². The molecular weight excluding hydrogens is 386 g/mol. The Labute approximate surface area is 184 Å². The second-order valence-electron chi connectivity index (χ2n) is 8.13. The third-order valence-electron chi connectivity index (χ3n) is 5.70. The highest BCUT2D eigenvalue weighted by Crippen LogP contribution is 2.18. The Morgan fingerprint density at radius 1 is 0.968 bits per heavy atom. The van der Waals surface area contributed by atoms with Crippen LogP contribution in [0.25, 0.3) is 0 Å². The number of benzene rings is 2. The standard InChI is InChI=1S/C25H31N5O/c1-15-8-9-17(3)23(12-15)27-25(26-14-22-19(5)29-30(7)20(22)6)28-24(31)21-11-10-16(2)18(4)13-21/h8-13H,14H2,1-7H3,(H2,26,27,28,31). The lowest BCUT2D eigenvalue weighted by atomic mass is 10.1. The molecule has 0 aliphatic carbocycles. The van der Waals surface area contributed by atoms with Crippen molar-refractivity contribution in [3.8, 4) is 0 Å². The van der Waals surface area contributed by atoms with Gasteiger partial charge in [-0.2, -0.15) is 5.10 Å². The number of anilines is 1. The van der Waals surface area contributed by atoms with Crippen molar-refractivity contribution in [3.05, 3.63) is 81.2 Å². The van der Waals surface area contributed by atoms with Gasteiger partial charge in [-0.05, 0) is 82.0 Å². The predicted octanol–water partition coefficient (Wildman–Crippen LogP) is 4.67. The number of aromatic nitrogens is 2. The molecule has 1 aromatic heterocycles. The van der Waals surface area contributed by atoms with Crippen LogP contribution in [-0.2, 0) is 13.6 Å². The summed E-state index contributed by atoms with van der Waals surface area (Å²) in [5.74, 6) is 0.221. The largest absolute Gasteiger partial charge is 0.326 e. The Morgan fingerprint density at radius 2 is 1.68 bits per heavy atom. The molecule has 0 aliphatic heterocycles. The highest BCUT2D eigenvalue weighted by atomic mass is 16.1. The van der Waals surface area contributed by atoms with Gasteiger partial charge in [0.15, 0.2) is 0 Å². The van der Waals surface area contributed by atoms with Gasteiger partial charge in [0.05, 0.1) is 12.2 Å². The molecule has 0 aliphatic rings. The van der Waals surface area contributed by atoms with Crippen LogP contribution in [-0.4, -0.2) is 21.6 Å². The lowest BCUT2D eigenvalue weighted by Crippen LogP contribution is -2.36. The minimum absolute atomic E-state index is 0.195. The molecular formula is C25H31N5O. The van der Waals surface area contributed by atoms with E-state index in [9.17, 15) is 4.79 Å². The first-order chi connectivity index (χ1) is 14.7. The normalized spacial score (nSPS) is 11.5. The van der Waals surface area contributed by atoms with Gasteiger partial charge in [-0.15, -0.1) is 0 Å². The maximum atomic E-state index is 13.0. The summed E-state index contributed by atoms with van der Waals surface area (Å²) < 4.78 is 1.85. The molecule has 2 N–H and O–H groups in total. The van der Waals surface area contributed by atoms with Crippen LogP contribution in [0.4, 0.5) is 5.69 Å². The third-order valence-corrected chi connectivity index (χ3v) is 5.70. The van der Waals surface area contributed by atoms with E-state index in [0.717, 1.165) is 44.9 Å². The van der Waals surface area contributed by atoms with Crippen molar-refractivity contribution in [1.82, 2.24) is 15.1 Å². The summed E-state index contributed by atoms with van der Waals surface area (Å²) >= 11 is 0. The fraction of sp³-hybridized carbons (Fsp3) is 0.320. The van der Waals surface area contributed by atoms with Crippen LogP contribution in [0, 0.1) is 41.5 Å². The van der Waals surface area contributed by atoms with Gasteiger partial charge in [-0.1, -0.05) is 18.2 Å². The zero-order valence-electron chi connectivity index (χ0n) is 19.4. The van der Waals surface area contributed by atoms with E-state index < -0.39 is 0 Å². The van der Waals surface area contributed by atoms with Crippen LogP contribution in [0.15, 0.2) is 41.4 Å². The molecule has 0 saturated carbocycles. The molecule has 0 atom stereocenters. The number of carbonyl (C=O) groups is 1. The molecule has 2 aromatic carbocycles. The summed E-state index contributed by atoms with van der Waals surface area (Å²) in [5, 5.41) is 10.7. The van der Waals surface area contributed by atoms with E-state index in [1.807, 2.05) is 77.5 Å². The van der Waals surface area contributed by atoms with Crippen LogP contribution in [0.1, 0.15) is 49.6 Å². The van der Waals surface area contributed by atoms with E-state index in [4.69, 9.17) is 4.99 Å². The zero-order chi connectivity index (χ0) is 22.7. The van der Waals surface area contributed by atoms with Crippen molar-refractivity contribution in [2.75, 3.05) is 5.32 Å². The van der Waals surface area contributed by atoms with Gasteiger partial charge in [0.2, 0.25) is 5.96 Å². The molecule has 162 valence electrons. The zero-order valence-corrected chi connectivity index (χ0v) is 19.4. The number of hydrogen-bond donors (Lipinski definition) is 2. The molecule has 3 aromatic rings. The Morgan fingerprint density at radius 3 is 2.32 bits per heavy atom. The van der Waals surface area contributed by atoms with Crippen LogP contribution >= 0.6 is 0 Å². The highest BCUT2D eigenvalue weighted by Gasteiger charge is 2.13.